The van der Waals surface area contributed by atoms with Crippen molar-refractivity contribution >= 4 is 34.2 Å². The van der Waals surface area contributed by atoms with Crippen molar-refractivity contribution in [2.45, 2.75) is 31.9 Å². The molecule has 1 aliphatic heterocycles. The number of carbonyl (C=O) groups is 1. The van der Waals surface area contributed by atoms with Gasteiger partial charge < -0.3 is 19.3 Å². The van der Waals surface area contributed by atoms with E-state index in [4.69, 9.17) is 21.3 Å². The number of para-hydroxylation sites is 2. The summed E-state index contributed by atoms with van der Waals surface area (Å²) < 4.78 is 21.5. The molecule has 180 valence electrons. The number of nitrogens with zero attached hydrogens (tertiary/aromatic N) is 3. The third kappa shape index (κ3) is 4.88. The van der Waals surface area contributed by atoms with Crippen LogP contribution in [0.4, 0.5) is 10.1 Å². The number of imidazole rings is 1. The quantitative estimate of drug-likeness (QED) is 0.389. The highest BCUT2D eigenvalue weighted by Crippen LogP contribution is 2.33. The molecule has 2 heterocycles. The van der Waals surface area contributed by atoms with Gasteiger partial charge in [-0.05, 0) is 61.0 Å². The number of carbonyl (C=O) groups excluding carboxylic acids is 1. The molecule has 0 aliphatic carbocycles. The Morgan fingerprint density at radius 1 is 1.17 bits per heavy atom. The third-order valence-corrected chi connectivity index (χ3v) is 6.68. The van der Waals surface area contributed by atoms with Gasteiger partial charge in [-0.15, -0.1) is 0 Å². The van der Waals surface area contributed by atoms with Gasteiger partial charge in [0.25, 0.3) is 0 Å². The lowest BCUT2D eigenvalue weighted by molar-refractivity contribution is -0.117. The van der Waals surface area contributed by atoms with Crippen LogP contribution >= 0.6 is 11.6 Å². The molecular formula is C27H25ClFN3O3. The lowest BCUT2D eigenvalue weighted by Crippen LogP contribution is -2.26. The molecular weight excluding hydrogens is 469 g/mol. The van der Waals surface area contributed by atoms with Crippen LogP contribution in [0.5, 0.6) is 5.75 Å². The summed E-state index contributed by atoms with van der Waals surface area (Å²) in [6.45, 7) is 2.63. The van der Waals surface area contributed by atoms with E-state index in [0.29, 0.717) is 23.0 Å². The molecule has 5 rings (SSSR count). The van der Waals surface area contributed by atoms with Gasteiger partial charge in [-0.1, -0.05) is 29.8 Å². The Bertz CT molecular complexity index is 1390. The molecule has 1 fully saturated rings. The molecule has 35 heavy (non-hydrogen) atoms. The molecule has 1 N–H and O–H groups in total. The van der Waals surface area contributed by atoms with Gasteiger partial charge in [0.15, 0.2) is 0 Å². The van der Waals surface area contributed by atoms with E-state index in [-0.39, 0.29) is 37.2 Å². The molecule has 4 aromatic rings. The van der Waals surface area contributed by atoms with Crippen LogP contribution in [-0.4, -0.2) is 39.8 Å². The number of halogens is 2. The van der Waals surface area contributed by atoms with E-state index >= 15 is 0 Å². The van der Waals surface area contributed by atoms with Crippen molar-refractivity contribution in [3.63, 3.8) is 0 Å². The van der Waals surface area contributed by atoms with Crippen molar-refractivity contribution in [3.8, 4) is 5.75 Å². The van der Waals surface area contributed by atoms with Crippen LogP contribution in [-0.2, 0) is 11.3 Å². The number of aromatic nitrogens is 2. The first-order valence-corrected chi connectivity index (χ1v) is 11.8. The van der Waals surface area contributed by atoms with Crippen LogP contribution in [0.2, 0.25) is 5.02 Å². The number of rotatable bonds is 7. The molecule has 3 aromatic carbocycles. The SMILES string of the molecule is Cc1cc(OC[C@H](O)Cn2c([C@H]3CC(=O)N(c4cccc(F)c4)C3)nc3ccccc32)ccc1Cl. The average Bonchev–Trinajstić information content (AvgIpc) is 3.40. The fraction of sp³-hybridized carbons (Fsp3) is 0.259. The highest BCUT2D eigenvalue weighted by Gasteiger charge is 2.35. The number of amides is 1. The van der Waals surface area contributed by atoms with E-state index in [1.807, 2.05) is 41.8 Å². The Morgan fingerprint density at radius 2 is 2.00 bits per heavy atom. The molecule has 1 aliphatic rings. The zero-order chi connectivity index (χ0) is 24.5. The molecule has 2 atom stereocenters. The number of anilines is 1. The first-order chi connectivity index (χ1) is 16.9. The molecule has 1 aromatic heterocycles. The van der Waals surface area contributed by atoms with E-state index in [1.54, 1.807) is 29.2 Å². The predicted octanol–water partition coefficient (Wildman–Crippen LogP) is 5.10. The first kappa shape index (κ1) is 23.3. The van der Waals surface area contributed by atoms with Crippen molar-refractivity contribution in [1.82, 2.24) is 9.55 Å². The van der Waals surface area contributed by atoms with Crippen LogP contribution in [0, 0.1) is 12.7 Å². The van der Waals surface area contributed by atoms with Crippen LogP contribution in [0.25, 0.3) is 11.0 Å². The number of fused-ring (bicyclic) bond motifs is 1. The summed E-state index contributed by atoms with van der Waals surface area (Å²) in [5, 5.41) is 11.5. The standard InChI is InChI=1S/C27H25ClFN3O3/c1-17-11-22(9-10-23(17)28)35-16-21(33)15-32-25-8-3-2-7-24(25)30-27(32)18-12-26(34)31(14-18)20-6-4-5-19(29)13-20/h2-11,13,18,21,33H,12,14-16H2,1H3/t18-,21+/m0/s1. The highest BCUT2D eigenvalue weighted by molar-refractivity contribution is 6.31. The fourth-order valence-electron chi connectivity index (χ4n) is 4.53. The molecule has 0 unspecified atom stereocenters. The fourth-order valence-corrected chi connectivity index (χ4v) is 4.65. The van der Waals surface area contributed by atoms with Crippen LogP contribution in [0.15, 0.2) is 66.7 Å². The minimum Gasteiger partial charge on any atom is -0.491 e. The number of benzene rings is 3. The summed E-state index contributed by atoms with van der Waals surface area (Å²) in [6.07, 6.45) is -0.546. The van der Waals surface area contributed by atoms with Crippen molar-refractivity contribution in [3.05, 3.63) is 89.0 Å². The van der Waals surface area contributed by atoms with Gasteiger partial charge >= 0.3 is 0 Å². The molecule has 8 heteroatoms. The Balaban J connectivity index is 1.37. The lowest BCUT2D eigenvalue weighted by Gasteiger charge is -2.19. The van der Waals surface area contributed by atoms with Crippen LogP contribution < -0.4 is 9.64 Å². The monoisotopic (exact) mass is 493 g/mol. The maximum atomic E-state index is 13.8. The van der Waals surface area contributed by atoms with Crippen molar-refractivity contribution < 1.29 is 19.0 Å². The number of ether oxygens (including phenoxy) is 1. The number of hydrogen-bond acceptors (Lipinski definition) is 4. The smallest absolute Gasteiger partial charge is 0.227 e. The summed E-state index contributed by atoms with van der Waals surface area (Å²) in [6, 6.07) is 19.1. The zero-order valence-corrected chi connectivity index (χ0v) is 20.0. The second-order valence-electron chi connectivity index (χ2n) is 8.83. The zero-order valence-electron chi connectivity index (χ0n) is 19.2. The van der Waals surface area contributed by atoms with Gasteiger partial charge in [-0.3, -0.25) is 4.79 Å². The number of aliphatic hydroxyl groups excluding tert-OH is 1. The molecule has 0 radical (unpaired) electrons. The lowest BCUT2D eigenvalue weighted by atomic mass is 10.1. The Hall–Kier alpha value is -3.42. The van der Waals surface area contributed by atoms with E-state index in [0.717, 1.165) is 22.4 Å². The van der Waals surface area contributed by atoms with E-state index in [1.165, 1.54) is 12.1 Å². The van der Waals surface area contributed by atoms with E-state index in [9.17, 15) is 14.3 Å². The Morgan fingerprint density at radius 3 is 2.80 bits per heavy atom. The summed E-state index contributed by atoms with van der Waals surface area (Å²) in [5.74, 6) is 0.699. The Kier molecular flexibility index (Phi) is 6.45. The van der Waals surface area contributed by atoms with Crippen molar-refractivity contribution in [2.75, 3.05) is 18.1 Å². The largest absolute Gasteiger partial charge is 0.491 e. The van der Waals surface area contributed by atoms with Gasteiger partial charge in [0, 0.05) is 29.6 Å². The first-order valence-electron chi connectivity index (χ1n) is 11.5. The second kappa shape index (κ2) is 9.68. The van der Waals surface area contributed by atoms with E-state index in [2.05, 4.69) is 0 Å². The number of aryl methyl sites for hydroxylation is 1. The van der Waals surface area contributed by atoms with Gasteiger partial charge in [-0.2, -0.15) is 0 Å². The second-order valence-corrected chi connectivity index (χ2v) is 9.24. The molecule has 0 spiro atoms. The topological polar surface area (TPSA) is 67.6 Å². The molecule has 0 bridgehead atoms. The number of hydrogen-bond donors (Lipinski definition) is 1. The van der Waals surface area contributed by atoms with Crippen LogP contribution in [0.1, 0.15) is 23.7 Å². The van der Waals surface area contributed by atoms with Gasteiger partial charge in [0.05, 0.1) is 17.6 Å². The number of aliphatic hydroxyl groups is 1. The van der Waals surface area contributed by atoms with Gasteiger partial charge in [-0.25, -0.2) is 9.37 Å². The third-order valence-electron chi connectivity index (χ3n) is 6.26. The van der Waals surface area contributed by atoms with Crippen molar-refractivity contribution in [2.24, 2.45) is 0 Å². The molecule has 1 amide bonds. The minimum absolute atomic E-state index is 0.0822. The normalized spacial score (nSPS) is 16.7. The van der Waals surface area contributed by atoms with Gasteiger partial charge in [0.2, 0.25) is 5.91 Å². The predicted molar refractivity (Wildman–Crippen MR) is 134 cm³/mol. The van der Waals surface area contributed by atoms with E-state index < -0.39 is 6.10 Å². The summed E-state index contributed by atoms with van der Waals surface area (Å²) in [4.78, 5) is 19.2. The minimum atomic E-state index is -0.807. The molecule has 6 nitrogen and oxygen atoms in total. The van der Waals surface area contributed by atoms with Gasteiger partial charge in [0.1, 0.15) is 30.1 Å². The summed E-state index contributed by atoms with van der Waals surface area (Å²) >= 11 is 6.08. The maximum Gasteiger partial charge on any atom is 0.227 e. The Labute approximate surface area is 207 Å². The molecule has 1 saturated heterocycles. The summed E-state index contributed by atoms with van der Waals surface area (Å²) in [7, 11) is 0. The average molecular weight is 494 g/mol. The highest BCUT2D eigenvalue weighted by atomic mass is 35.5. The van der Waals surface area contributed by atoms with Crippen molar-refractivity contribution in [1.29, 1.82) is 0 Å². The maximum absolute atomic E-state index is 13.8. The summed E-state index contributed by atoms with van der Waals surface area (Å²) in [5.41, 5.74) is 3.10. The van der Waals surface area contributed by atoms with Crippen LogP contribution in [0.3, 0.4) is 0 Å². The molecule has 0 saturated carbocycles.